The minimum Gasteiger partial charge on any atom is -0.282 e. The van der Waals surface area contributed by atoms with E-state index in [-0.39, 0.29) is 0 Å². The van der Waals surface area contributed by atoms with Gasteiger partial charge in [-0.3, -0.25) is 18.8 Å². The number of hydrogen-bond acceptors (Lipinski definition) is 5. The smallest absolute Gasteiger partial charge is 0.174 e. The molecule has 10 heavy (non-hydrogen) atoms. The fourth-order valence-electron chi connectivity index (χ4n) is 0.604. The van der Waals surface area contributed by atoms with Gasteiger partial charge in [0, 0.05) is 0 Å². The molecular weight excluding hydrogens is 172 g/mol. The highest BCUT2D eigenvalue weighted by Crippen LogP contribution is 2.35. The van der Waals surface area contributed by atoms with Crippen LogP contribution in [0.3, 0.4) is 0 Å². The van der Waals surface area contributed by atoms with E-state index in [0.717, 1.165) is 0 Å². The molecule has 0 spiro atoms. The quantitative estimate of drug-likeness (QED) is 0.522. The Morgan fingerprint density at radius 2 is 2.40 bits per heavy atom. The largest absolute Gasteiger partial charge is 0.282 e. The molecule has 0 unspecified atom stereocenters. The fraction of sp³-hybridized carbons (Fsp3) is 0.750. The number of thioether (sulfide) groups is 1. The highest BCUT2D eigenvalue weighted by atomic mass is 32.3. The van der Waals surface area contributed by atoms with Crippen molar-refractivity contribution in [3.63, 3.8) is 0 Å². The first-order valence-electron chi connectivity index (χ1n) is 2.76. The number of nitrogens with one attached hydrogen (secondary N) is 1. The SMILES string of the molecule is CSC1=NCCS(O)(O)N1. The van der Waals surface area contributed by atoms with Crippen LogP contribution in [0.5, 0.6) is 0 Å². The van der Waals surface area contributed by atoms with Crippen molar-refractivity contribution in [2.24, 2.45) is 4.99 Å². The van der Waals surface area contributed by atoms with Gasteiger partial charge in [0.2, 0.25) is 0 Å². The molecule has 6 heteroatoms. The molecule has 0 radical (unpaired) electrons. The van der Waals surface area contributed by atoms with E-state index in [1.165, 1.54) is 11.8 Å². The summed E-state index contributed by atoms with van der Waals surface area (Å²) in [5.74, 6) is 0.330. The summed E-state index contributed by atoms with van der Waals surface area (Å²) in [4.78, 5) is 4.01. The maximum absolute atomic E-state index is 9.11. The molecule has 0 aromatic heterocycles. The van der Waals surface area contributed by atoms with Crippen LogP contribution < -0.4 is 4.72 Å². The first-order chi connectivity index (χ1) is 4.64. The van der Waals surface area contributed by atoms with Crippen LogP contribution in [0.4, 0.5) is 0 Å². The van der Waals surface area contributed by atoms with Crippen molar-refractivity contribution < 1.29 is 9.11 Å². The molecule has 0 saturated carbocycles. The summed E-state index contributed by atoms with van der Waals surface area (Å²) >= 11 is 1.39. The van der Waals surface area contributed by atoms with Gasteiger partial charge in [-0.2, -0.15) is 0 Å². The lowest BCUT2D eigenvalue weighted by Gasteiger charge is -2.35. The molecule has 0 atom stereocenters. The van der Waals surface area contributed by atoms with Crippen LogP contribution in [0.2, 0.25) is 0 Å². The molecule has 0 saturated heterocycles. The average Bonchev–Trinajstić information content (AvgIpc) is 1.86. The first kappa shape index (κ1) is 8.19. The van der Waals surface area contributed by atoms with E-state index < -0.39 is 10.8 Å². The Balaban J connectivity index is 2.57. The van der Waals surface area contributed by atoms with Crippen molar-refractivity contribution in [3.05, 3.63) is 0 Å². The van der Waals surface area contributed by atoms with Crippen molar-refractivity contribution in [1.29, 1.82) is 0 Å². The first-order valence-corrected chi connectivity index (χ1v) is 5.70. The van der Waals surface area contributed by atoms with E-state index in [0.29, 0.717) is 17.5 Å². The van der Waals surface area contributed by atoms with E-state index in [2.05, 4.69) is 9.71 Å². The second kappa shape index (κ2) is 3.00. The van der Waals surface area contributed by atoms with E-state index in [1.54, 1.807) is 0 Å². The van der Waals surface area contributed by atoms with Gasteiger partial charge in [0.15, 0.2) is 5.17 Å². The third-order valence-corrected chi connectivity index (χ3v) is 3.09. The molecule has 0 amide bonds. The second-order valence-electron chi connectivity index (χ2n) is 1.86. The van der Waals surface area contributed by atoms with Gasteiger partial charge in [0.1, 0.15) is 0 Å². The fourth-order valence-corrected chi connectivity index (χ4v) is 2.35. The second-order valence-corrected chi connectivity index (χ2v) is 4.60. The monoisotopic (exact) mass is 182 g/mol. The van der Waals surface area contributed by atoms with Gasteiger partial charge in [-0.1, -0.05) is 11.8 Å². The van der Waals surface area contributed by atoms with Crippen molar-refractivity contribution in [2.75, 3.05) is 18.6 Å². The van der Waals surface area contributed by atoms with Crippen molar-refractivity contribution in [3.8, 4) is 0 Å². The van der Waals surface area contributed by atoms with Gasteiger partial charge in [-0.05, 0) is 6.26 Å². The van der Waals surface area contributed by atoms with E-state index in [1.807, 2.05) is 6.26 Å². The Hall–Kier alpha value is 0.0900. The van der Waals surface area contributed by atoms with Gasteiger partial charge in [0.05, 0.1) is 12.3 Å². The molecule has 1 aliphatic heterocycles. The Morgan fingerprint density at radius 1 is 1.70 bits per heavy atom. The lowest BCUT2D eigenvalue weighted by molar-refractivity contribution is 0.480. The molecule has 4 nitrogen and oxygen atoms in total. The van der Waals surface area contributed by atoms with Crippen molar-refractivity contribution in [1.82, 2.24) is 4.72 Å². The lowest BCUT2D eigenvalue weighted by atomic mass is 10.8. The van der Waals surface area contributed by atoms with Gasteiger partial charge in [-0.25, -0.2) is 0 Å². The molecular formula is C4H10N2O2S2. The molecule has 1 rings (SSSR count). The van der Waals surface area contributed by atoms with E-state index in [4.69, 9.17) is 9.11 Å². The minimum atomic E-state index is -2.55. The van der Waals surface area contributed by atoms with Gasteiger partial charge >= 0.3 is 0 Å². The van der Waals surface area contributed by atoms with Crippen molar-refractivity contribution >= 4 is 27.7 Å². The summed E-state index contributed by atoms with van der Waals surface area (Å²) in [6.07, 6.45) is 1.84. The molecule has 3 N–H and O–H groups in total. The molecule has 0 aliphatic carbocycles. The normalized spacial score (nSPS) is 26.5. The van der Waals surface area contributed by atoms with Crippen LogP contribution in [-0.4, -0.2) is 32.8 Å². The summed E-state index contributed by atoms with van der Waals surface area (Å²) in [6, 6.07) is 0. The van der Waals surface area contributed by atoms with Gasteiger partial charge in [-0.15, -0.1) is 10.8 Å². The van der Waals surface area contributed by atoms with E-state index >= 15 is 0 Å². The number of amidine groups is 1. The predicted octanol–water partition coefficient (Wildman–Crippen LogP) is 0.974. The van der Waals surface area contributed by atoms with Crippen LogP contribution in [-0.2, 0) is 0 Å². The highest BCUT2D eigenvalue weighted by molar-refractivity contribution is 8.25. The van der Waals surface area contributed by atoms with Crippen LogP contribution in [0.1, 0.15) is 0 Å². The van der Waals surface area contributed by atoms with E-state index in [9.17, 15) is 0 Å². The number of rotatable bonds is 0. The van der Waals surface area contributed by atoms with Gasteiger partial charge in [0.25, 0.3) is 0 Å². The van der Waals surface area contributed by atoms with Crippen molar-refractivity contribution in [2.45, 2.75) is 0 Å². The molecule has 1 aliphatic rings. The molecule has 0 fully saturated rings. The lowest BCUT2D eigenvalue weighted by Crippen LogP contribution is -2.32. The summed E-state index contributed by atoms with van der Waals surface area (Å²) < 4.78 is 20.8. The zero-order valence-corrected chi connectivity index (χ0v) is 7.21. The Bertz CT molecular complexity index is 159. The molecule has 0 aromatic carbocycles. The van der Waals surface area contributed by atoms with Crippen LogP contribution in [0, 0.1) is 0 Å². The average molecular weight is 182 g/mol. The minimum absolute atomic E-state index is 0.330. The maximum atomic E-state index is 9.11. The maximum Gasteiger partial charge on any atom is 0.174 e. The van der Waals surface area contributed by atoms with Gasteiger partial charge < -0.3 is 0 Å². The molecule has 0 bridgehead atoms. The zero-order valence-electron chi connectivity index (χ0n) is 5.57. The number of nitrogens with zero attached hydrogens (tertiary/aromatic N) is 1. The Kier molecular flexibility index (Phi) is 2.45. The summed E-state index contributed by atoms with van der Waals surface area (Å²) in [5, 5.41) is 0.617. The standard InChI is InChI=1S/C4H10N2O2S2/c1-9-4-5-2-3-10(7,8)6-4/h7-8H,2-3H2,1H3,(H,5,6). The third-order valence-electron chi connectivity index (χ3n) is 1.08. The topological polar surface area (TPSA) is 64.9 Å². The Labute approximate surface area is 65.6 Å². The highest BCUT2D eigenvalue weighted by Gasteiger charge is 2.17. The third kappa shape index (κ3) is 2.05. The number of aliphatic imine (C=N–C) groups is 1. The summed E-state index contributed by atoms with van der Waals surface area (Å²) in [7, 11) is -2.55. The predicted molar refractivity (Wildman–Crippen MR) is 46.7 cm³/mol. The molecule has 0 aromatic rings. The summed E-state index contributed by atoms with van der Waals surface area (Å²) in [6.45, 7) is 0.505. The summed E-state index contributed by atoms with van der Waals surface area (Å²) in [5.41, 5.74) is 0. The van der Waals surface area contributed by atoms with Crippen LogP contribution in [0.25, 0.3) is 0 Å². The molecule has 1 heterocycles. The van der Waals surface area contributed by atoms with Crippen LogP contribution >= 0.6 is 22.5 Å². The Morgan fingerprint density at radius 3 is 2.80 bits per heavy atom. The molecule has 60 valence electrons. The zero-order chi connectivity index (χ0) is 7.61. The van der Waals surface area contributed by atoms with Crippen LogP contribution in [0.15, 0.2) is 4.99 Å². The number of hydrogen-bond donors (Lipinski definition) is 3.